The molecular formula is C18H21N3O2S. The highest BCUT2D eigenvalue weighted by Gasteiger charge is 2.43. The van der Waals surface area contributed by atoms with Gasteiger partial charge in [0.25, 0.3) is 5.91 Å². The maximum Gasteiger partial charge on any atom is 0.286 e. The monoisotopic (exact) mass is 343 g/mol. The van der Waals surface area contributed by atoms with Crippen molar-refractivity contribution in [3.63, 3.8) is 0 Å². The summed E-state index contributed by atoms with van der Waals surface area (Å²) in [5.74, 6) is -0.152. The first-order valence-corrected chi connectivity index (χ1v) is 9.12. The first-order chi connectivity index (χ1) is 11.6. The van der Waals surface area contributed by atoms with E-state index in [4.69, 9.17) is 10.5 Å². The molecule has 3 aliphatic heterocycles. The van der Waals surface area contributed by atoms with Crippen LogP contribution in [0.15, 0.2) is 39.7 Å². The zero-order valence-corrected chi connectivity index (χ0v) is 14.6. The van der Waals surface area contributed by atoms with Gasteiger partial charge in [0.05, 0.1) is 17.1 Å². The largest absolute Gasteiger partial charge is 0.365 e. The molecule has 1 amide bonds. The fourth-order valence-corrected chi connectivity index (χ4v) is 4.66. The Labute approximate surface area is 145 Å². The molecule has 0 saturated carbocycles. The molecule has 0 bridgehead atoms. The van der Waals surface area contributed by atoms with E-state index >= 15 is 0 Å². The highest BCUT2D eigenvalue weighted by atomic mass is 32.2. The maximum atomic E-state index is 12.1. The number of hydrogen-bond acceptors (Lipinski definition) is 5. The van der Waals surface area contributed by atoms with Gasteiger partial charge in [-0.25, -0.2) is 0 Å². The first kappa shape index (κ1) is 15.9. The average Bonchev–Trinajstić information content (AvgIpc) is 3.17. The smallest absolute Gasteiger partial charge is 0.286 e. The minimum atomic E-state index is -0.160. The van der Waals surface area contributed by atoms with E-state index in [1.807, 2.05) is 6.92 Å². The third kappa shape index (κ3) is 2.49. The number of fused-ring (bicyclic) bond motifs is 2. The first-order valence-electron chi connectivity index (χ1n) is 8.31. The minimum absolute atomic E-state index is 0.152. The number of carbonyl (C=O) groups excluding carboxylic acids is 1. The highest BCUT2D eigenvalue weighted by Crippen LogP contribution is 2.45. The normalized spacial score (nSPS) is 24.3. The van der Waals surface area contributed by atoms with E-state index in [1.54, 1.807) is 0 Å². The molecule has 4 rings (SSSR count). The van der Waals surface area contributed by atoms with Crippen LogP contribution in [0, 0.1) is 0 Å². The molecule has 0 unspecified atom stereocenters. The van der Waals surface area contributed by atoms with Crippen LogP contribution < -0.4 is 5.73 Å². The van der Waals surface area contributed by atoms with Gasteiger partial charge in [0.2, 0.25) is 0 Å². The molecule has 0 atom stereocenters. The Balaban J connectivity index is 1.49. The van der Waals surface area contributed by atoms with Gasteiger partial charge in [0.1, 0.15) is 0 Å². The second kappa shape index (κ2) is 6.02. The number of benzene rings is 1. The lowest BCUT2D eigenvalue weighted by atomic mass is 9.84. The Kier molecular flexibility index (Phi) is 3.98. The summed E-state index contributed by atoms with van der Waals surface area (Å²) < 4.78 is 6.19. The number of aliphatic imine (C=N–C) groups is 1. The van der Waals surface area contributed by atoms with Crippen molar-refractivity contribution in [2.24, 2.45) is 10.7 Å². The maximum absolute atomic E-state index is 12.1. The number of amidine groups is 1. The number of hydrogen-bond donors (Lipinski definition) is 1. The van der Waals surface area contributed by atoms with Crippen molar-refractivity contribution in [1.82, 2.24) is 4.90 Å². The number of rotatable bonds is 1. The summed E-state index contributed by atoms with van der Waals surface area (Å²) in [5.41, 5.74) is 9.04. The molecule has 1 aromatic carbocycles. The SMILES string of the molecule is C/C(CN)=C1\SC(N2CCC3(CC2)OCc2ccccc23)=NC1=O. The average molecular weight is 343 g/mol. The van der Waals surface area contributed by atoms with Gasteiger partial charge in [-0.2, -0.15) is 4.99 Å². The molecule has 6 heteroatoms. The molecule has 3 aliphatic rings. The van der Waals surface area contributed by atoms with Crippen LogP contribution in [0.1, 0.15) is 30.9 Å². The highest BCUT2D eigenvalue weighted by molar-refractivity contribution is 8.18. The molecule has 3 heterocycles. The number of amides is 1. The summed E-state index contributed by atoms with van der Waals surface area (Å²) in [6.07, 6.45) is 1.85. The number of nitrogens with two attached hydrogens (primary N) is 1. The fraction of sp³-hybridized carbons (Fsp3) is 0.444. The third-order valence-corrected chi connectivity index (χ3v) is 6.39. The standard InChI is InChI=1S/C18H21N3O2S/c1-12(10-19)15-16(22)20-17(24-15)21-8-6-18(7-9-21)14-5-3-2-4-13(14)11-23-18/h2-5H,6-11,19H2,1H3/b15-12+. The summed E-state index contributed by atoms with van der Waals surface area (Å²) in [6, 6.07) is 8.50. The van der Waals surface area contributed by atoms with Crippen molar-refractivity contribution < 1.29 is 9.53 Å². The van der Waals surface area contributed by atoms with Crippen molar-refractivity contribution in [2.75, 3.05) is 19.6 Å². The molecular weight excluding hydrogens is 322 g/mol. The number of nitrogens with zero attached hydrogens (tertiary/aromatic N) is 2. The van der Waals surface area contributed by atoms with Crippen LogP contribution in [0.5, 0.6) is 0 Å². The molecule has 0 aliphatic carbocycles. The lowest BCUT2D eigenvalue weighted by molar-refractivity contribution is -0.113. The molecule has 1 saturated heterocycles. The van der Waals surface area contributed by atoms with E-state index in [0.29, 0.717) is 18.1 Å². The molecule has 1 fully saturated rings. The zero-order chi connectivity index (χ0) is 16.7. The Morgan fingerprint density at radius 1 is 1.38 bits per heavy atom. The van der Waals surface area contributed by atoms with Crippen LogP contribution in [0.4, 0.5) is 0 Å². The van der Waals surface area contributed by atoms with Crippen LogP contribution in [-0.2, 0) is 21.7 Å². The van der Waals surface area contributed by atoms with Crippen molar-refractivity contribution in [1.29, 1.82) is 0 Å². The number of likely N-dealkylation sites (tertiary alicyclic amines) is 1. The van der Waals surface area contributed by atoms with Gasteiger partial charge in [-0.3, -0.25) is 4.79 Å². The van der Waals surface area contributed by atoms with Gasteiger partial charge in [-0.15, -0.1) is 0 Å². The van der Waals surface area contributed by atoms with Crippen molar-refractivity contribution in [3.05, 3.63) is 45.9 Å². The van der Waals surface area contributed by atoms with Crippen LogP contribution in [0.2, 0.25) is 0 Å². The van der Waals surface area contributed by atoms with Crippen LogP contribution >= 0.6 is 11.8 Å². The number of thioether (sulfide) groups is 1. The van der Waals surface area contributed by atoms with Gasteiger partial charge in [-0.1, -0.05) is 24.3 Å². The van der Waals surface area contributed by atoms with E-state index in [0.717, 1.165) is 36.7 Å². The predicted octanol–water partition coefficient (Wildman–Crippen LogP) is 2.37. The predicted molar refractivity (Wildman–Crippen MR) is 95.5 cm³/mol. The molecule has 1 aromatic rings. The van der Waals surface area contributed by atoms with Crippen molar-refractivity contribution in [2.45, 2.75) is 32.0 Å². The van der Waals surface area contributed by atoms with Crippen LogP contribution in [0.25, 0.3) is 0 Å². The summed E-state index contributed by atoms with van der Waals surface area (Å²) in [6.45, 7) is 4.69. The molecule has 1 spiro atoms. The van der Waals surface area contributed by atoms with Gasteiger partial charge < -0.3 is 15.4 Å². The summed E-state index contributed by atoms with van der Waals surface area (Å²) >= 11 is 1.46. The van der Waals surface area contributed by atoms with E-state index < -0.39 is 0 Å². The third-order valence-electron chi connectivity index (χ3n) is 5.13. The molecule has 5 nitrogen and oxygen atoms in total. The van der Waals surface area contributed by atoms with E-state index in [9.17, 15) is 4.79 Å². The second-order valence-corrected chi connectivity index (χ2v) is 7.52. The van der Waals surface area contributed by atoms with Gasteiger partial charge >= 0.3 is 0 Å². The van der Waals surface area contributed by atoms with Crippen LogP contribution in [-0.4, -0.2) is 35.6 Å². The second-order valence-electron chi connectivity index (χ2n) is 6.54. The number of ether oxygens (including phenoxy) is 1. The molecule has 0 aromatic heterocycles. The van der Waals surface area contributed by atoms with Crippen molar-refractivity contribution in [3.8, 4) is 0 Å². The van der Waals surface area contributed by atoms with E-state index in [1.165, 1.54) is 22.9 Å². The number of piperidine rings is 1. The van der Waals surface area contributed by atoms with Gasteiger partial charge in [0, 0.05) is 19.6 Å². The quantitative estimate of drug-likeness (QED) is 0.793. The summed E-state index contributed by atoms with van der Waals surface area (Å²) in [7, 11) is 0. The Bertz CT molecular complexity index is 748. The fourth-order valence-electron chi connectivity index (χ4n) is 3.65. The Morgan fingerprint density at radius 3 is 2.88 bits per heavy atom. The van der Waals surface area contributed by atoms with Gasteiger partial charge in [0.15, 0.2) is 5.17 Å². The van der Waals surface area contributed by atoms with Crippen LogP contribution in [0.3, 0.4) is 0 Å². The minimum Gasteiger partial charge on any atom is -0.365 e. The summed E-state index contributed by atoms with van der Waals surface area (Å²) in [5, 5.41) is 0.809. The van der Waals surface area contributed by atoms with Crippen molar-refractivity contribution >= 4 is 22.8 Å². The topological polar surface area (TPSA) is 67.9 Å². The lowest BCUT2D eigenvalue weighted by Gasteiger charge is -2.39. The molecule has 0 radical (unpaired) electrons. The van der Waals surface area contributed by atoms with E-state index in [2.05, 4.69) is 34.2 Å². The zero-order valence-electron chi connectivity index (χ0n) is 13.7. The molecule has 2 N–H and O–H groups in total. The van der Waals surface area contributed by atoms with E-state index in [-0.39, 0.29) is 11.5 Å². The Morgan fingerprint density at radius 2 is 2.12 bits per heavy atom. The number of carbonyl (C=O) groups is 1. The molecule has 126 valence electrons. The van der Waals surface area contributed by atoms with Gasteiger partial charge in [-0.05, 0) is 48.2 Å². The summed E-state index contributed by atoms with van der Waals surface area (Å²) in [4.78, 5) is 19.2. The molecule has 24 heavy (non-hydrogen) atoms. The Hall–Kier alpha value is -1.63. The lowest BCUT2D eigenvalue weighted by Crippen LogP contribution is -2.44.